The number of benzene rings is 2. The Morgan fingerprint density at radius 1 is 0.750 bits per heavy atom. The molecule has 20 heavy (non-hydrogen) atoms. The van der Waals surface area contributed by atoms with E-state index in [1.165, 1.54) is 5.56 Å². The molecule has 2 nitrogen and oxygen atoms in total. The highest BCUT2D eigenvalue weighted by Gasteiger charge is 1.97. The maximum atomic E-state index is 5.72. The smallest absolute Gasteiger partial charge is 0.120 e. The highest BCUT2D eigenvalue weighted by Crippen LogP contribution is 2.19. The minimum Gasteiger partial charge on any atom is -0.494 e. The third kappa shape index (κ3) is 5.17. The van der Waals surface area contributed by atoms with E-state index in [4.69, 9.17) is 9.47 Å². The number of rotatable bonds is 8. The van der Waals surface area contributed by atoms with Crippen LogP contribution in [0.3, 0.4) is 0 Å². The van der Waals surface area contributed by atoms with Gasteiger partial charge in [0.15, 0.2) is 0 Å². The molecule has 0 aliphatic heterocycles. The predicted octanol–water partition coefficient (Wildman–Crippen LogP) is 4.35. The van der Waals surface area contributed by atoms with E-state index >= 15 is 0 Å². The molecule has 0 unspecified atom stereocenters. The van der Waals surface area contributed by atoms with Gasteiger partial charge >= 0.3 is 0 Å². The highest BCUT2D eigenvalue weighted by atomic mass is 32.1. The van der Waals surface area contributed by atoms with Crippen LogP contribution in [0, 0.1) is 0 Å². The molecule has 0 radical (unpaired) electrons. The molecule has 0 saturated heterocycles. The lowest BCUT2D eigenvalue weighted by Gasteiger charge is -2.08. The van der Waals surface area contributed by atoms with Crippen LogP contribution in [0.1, 0.15) is 18.4 Å². The summed E-state index contributed by atoms with van der Waals surface area (Å²) in [7, 11) is 0. The number of unbranched alkanes of at least 4 members (excludes halogenated alkanes) is 1. The zero-order valence-corrected chi connectivity index (χ0v) is 12.4. The first-order valence-corrected chi connectivity index (χ1v) is 7.52. The Hall–Kier alpha value is -1.61. The Morgan fingerprint density at radius 3 is 2.05 bits per heavy atom. The molecule has 0 heterocycles. The van der Waals surface area contributed by atoms with Crippen LogP contribution in [0.15, 0.2) is 54.6 Å². The van der Waals surface area contributed by atoms with Crippen LogP contribution in [0.25, 0.3) is 0 Å². The van der Waals surface area contributed by atoms with Crippen LogP contribution >= 0.6 is 12.6 Å². The van der Waals surface area contributed by atoms with E-state index in [-0.39, 0.29) is 0 Å². The highest BCUT2D eigenvalue weighted by molar-refractivity contribution is 7.80. The molecule has 0 aliphatic rings. The number of ether oxygens (including phenoxy) is 2. The standard InChI is InChI=1S/C17H20O2S/c20-13-5-4-12-18-16-8-10-17(11-9-16)19-14-15-6-2-1-3-7-15/h1-3,6-11,20H,4-5,12-14H2. The largest absolute Gasteiger partial charge is 0.494 e. The molecule has 0 atom stereocenters. The van der Waals surface area contributed by atoms with E-state index in [9.17, 15) is 0 Å². The van der Waals surface area contributed by atoms with Gasteiger partial charge in [-0.2, -0.15) is 12.6 Å². The van der Waals surface area contributed by atoms with Gasteiger partial charge in [-0.15, -0.1) is 0 Å². The topological polar surface area (TPSA) is 18.5 Å². The van der Waals surface area contributed by atoms with Crippen LogP contribution in [0.2, 0.25) is 0 Å². The maximum absolute atomic E-state index is 5.72. The van der Waals surface area contributed by atoms with Crippen molar-refractivity contribution in [3.63, 3.8) is 0 Å². The fourth-order valence-corrected chi connectivity index (χ4v) is 2.00. The molecular weight excluding hydrogens is 268 g/mol. The molecule has 0 saturated carbocycles. The lowest BCUT2D eigenvalue weighted by molar-refractivity contribution is 0.299. The second kappa shape index (κ2) is 8.54. The lowest BCUT2D eigenvalue weighted by Crippen LogP contribution is -1.98. The number of hydrogen-bond acceptors (Lipinski definition) is 3. The molecule has 3 heteroatoms. The van der Waals surface area contributed by atoms with E-state index in [0.29, 0.717) is 6.61 Å². The fraction of sp³-hybridized carbons (Fsp3) is 0.294. The molecule has 0 amide bonds. The second-order valence-corrected chi connectivity index (χ2v) is 4.97. The Balaban J connectivity index is 1.76. The monoisotopic (exact) mass is 288 g/mol. The maximum Gasteiger partial charge on any atom is 0.120 e. The average molecular weight is 288 g/mol. The SMILES string of the molecule is SCCCCOc1ccc(OCc2ccccc2)cc1. The van der Waals surface area contributed by atoms with Crippen molar-refractivity contribution in [3.8, 4) is 11.5 Å². The molecule has 106 valence electrons. The average Bonchev–Trinajstić information content (AvgIpc) is 2.52. The quantitative estimate of drug-likeness (QED) is 0.575. The van der Waals surface area contributed by atoms with Gasteiger partial charge in [-0.3, -0.25) is 0 Å². The predicted molar refractivity (Wildman–Crippen MR) is 85.8 cm³/mol. The first-order valence-electron chi connectivity index (χ1n) is 6.89. The molecule has 0 N–H and O–H groups in total. The van der Waals surface area contributed by atoms with Crippen molar-refractivity contribution in [1.29, 1.82) is 0 Å². The summed E-state index contributed by atoms with van der Waals surface area (Å²) in [6.45, 7) is 1.33. The zero-order valence-electron chi connectivity index (χ0n) is 11.5. The van der Waals surface area contributed by atoms with Crippen molar-refractivity contribution in [2.45, 2.75) is 19.4 Å². The van der Waals surface area contributed by atoms with Gasteiger partial charge in [0, 0.05) is 0 Å². The molecule has 0 bridgehead atoms. The minimum atomic E-state index is 0.586. The first-order chi connectivity index (χ1) is 9.88. The fourth-order valence-electron chi connectivity index (χ4n) is 1.78. The van der Waals surface area contributed by atoms with Crippen molar-refractivity contribution in [2.24, 2.45) is 0 Å². The van der Waals surface area contributed by atoms with E-state index in [0.717, 1.165) is 36.7 Å². The van der Waals surface area contributed by atoms with Gasteiger partial charge in [-0.1, -0.05) is 30.3 Å². The van der Waals surface area contributed by atoms with Crippen LogP contribution in [0.5, 0.6) is 11.5 Å². The summed E-state index contributed by atoms with van der Waals surface area (Å²) < 4.78 is 11.4. The summed E-state index contributed by atoms with van der Waals surface area (Å²) in [4.78, 5) is 0. The zero-order chi connectivity index (χ0) is 14.0. The molecule has 0 fully saturated rings. The van der Waals surface area contributed by atoms with Crippen molar-refractivity contribution in [1.82, 2.24) is 0 Å². The van der Waals surface area contributed by atoms with Crippen molar-refractivity contribution in [2.75, 3.05) is 12.4 Å². The summed E-state index contributed by atoms with van der Waals surface area (Å²) in [5.41, 5.74) is 1.17. The van der Waals surface area contributed by atoms with Crippen LogP contribution in [-0.4, -0.2) is 12.4 Å². The summed E-state index contributed by atoms with van der Waals surface area (Å²) in [6, 6.07) is 17.9. The van der Waals surface area contributed by atoms with E-state index in [1.54, 1.807) is 0 Å². The molecule has 0 aliphatic carbocycles. The van der Waals surface area contributed by atoms with Crippen molar-refractivity contribution >= 4 is 12.6 Å². The summed E-state index contributed by atoms with van der Waals surface area (Å²) in [5.74, 6) is 2.66. The Bertz CT molecular complexity index is 482. The van der Waals surface area contributed by atoms with Crippen LogP contribution < -0.4 is 9.47 Å². The number of hydrogen-bond donors (Lipinski definition) is 1. The summed E-state index contributed by atoms with van der Waals surface area (Å²) in [6.07, 6.45) is 2.12. The van der Waals surface area contributed by atoms with Gasteiger partial charge < -0.3 is 9.47 Å². The van der Waals surface area contributed by atoms with E-state index < -0.39 is 0 Å². The van der Waals surface area contributed by atoms with Crippen molar-refractivity contribution < 1.29 is 9.47 Å². The first kappa shape index (κ1) is 14.8. The van der Waals surface area contributed by atoms with E-state index in [1.807, 2.05) is 42.5 Å². The molecule has 0 spiro atoms. The van der Waals surface area contributed by atoms with Crippen molar-refractivity contribution in [3.05, 3.63) is 60.2 Å². The molecular formula is C17H20O2S. The molecule has 2 rings (SSSR count). The molecule has 2 aromatic rings. The van der Waals surface area contributed by atoms with Gasteiger partial charge in [0.05, 0.1) is 6.61 Å². The molecule has 2 aromatic carbocycles. The van der Waals surface area contributed by atoms with Gasteiger partial charge in [0.2, 0.25) is 0 Å². The minimum absolute atomic E-state index is 0.586. The van der Waals surface area contributed by atoms with Gasteiger partial charge in [0.1, 0.15) is 18.1 Å². The van der Waals surface area contributed by atoms with Gasteiger partial charge in [-0.25, -0.2) is 0 Å². The second-order valence-electron chi connectivity index (χ2n) is 4.52. The summed E-state index contributed by atoms with van der Waals surface area (Å²) in [5, 5.41) is 0. The third-order valence-corrected chi connectivity index (χ3v) is 3.21. The summed E-state index contributed by atoms with van der Waals surface area (Å²) >= 11 is 4.18. The van der Waals surface area contributed by atoms with Crippen LogP contribution in [0.4, 0.5) is 0 Å². The third-order valence-electron chi connectivity index (χ3n) is 2.89. The molecule has 0 aromatic heterocycles. The Morgan fingerprint density at radius 2 is 1.40 bits per heavy atom. The van der Waals surface area contributed by atoms with Gasteiger partial charge in [0.25, 0.3) is 0 Å². The normalized spacial score (nSPS) is 10.2. The Kier molecular flexibility index (Phi) is 6.32. The van der Waals surface area contributed by atoms with Crippen LogP contribution in [-0.2, 0) is 6.61 Å². The van der Waals surface area contributed by atoms with E-state index in [2.05, 4.69) is 24.8 Å². The Labute approximate surface area is 126 Å². The van der Waals surface area contributed by atoms with Gasteiger partial charge in [-0.05, 0) is 48.4 Å². The number of thiol groups is 1. The lowest BCUT2D eigenvalue weighted by atomic mass is 10.2.